The Kier molecular flexibility index (Phi) is 6.66. The average molecular weight is 316 g/mol. The Morgan fingerprint density at radius 3 is 2.85 bits per heavy atom. The molecular weight excluding hydrogens is 293 g/mol. The number of benzene rings is 1. The lowest BCUT2D eigenvalue weighted by atomic mass is 9.91. The van der Waals surface area contributed by atoms with Crippen LogP contribution in [0.25, 0.3) is 0 Å². The molecule has 1 aliphatic heterocycles. The smallest absolute Gasteiger partial charge is 0.142 e. The molecule has 1 heterocycles. The molecule has 0 aliphatic carbocycles. The molecule has 1 fully saturated rings. The third kappa shape index (κ3) is 4.64. The Hall–Kier alpha value is -0.250. The fourth-order valence-electron chi connectivity index (χ4n) is 2.88. The van der Waals surface area contributed by atoms with Gasteiger partial charge in [0.1, 0.15) is 5.82 Å². The Bertz CT molecular complexity index is 421. The number of halogens is 2. The van der Waals surface area contributed by atoms with Crippen molar-refractivity contribution in [3.63, 3.8) is 0 Å². The molecule has 1 saturated heterocycles. The van der Waals surface area contributed by atoms with E-state index in [1.165, 1.54) is 36.8 Å². The molecule has 2 rings (SSSR count). The third-order valence-electron chi connectivity index (χ3n) is 3.95. The second-order valence-corrected chi connectivity index (χ2v) is 7.07. The maximum Gasteiger partial charge on any atom is 0.142 e. The van der Waals surface area contributed by atoms with Crippen LogP contribution in [0.15, 0.2) is 18.2 Å². The summed E-state index contributed by atoms with van der Waals surface area (Å²) < 4.78 is 13.5. The van der Waals surface area contributed by atoms with E-state index >= 15 is 0 Å². The number of thioether (sulfide) groups is 1. The number of likely N-dealkylation sites (N-methyl/N-ethyl adjacent to an activating group) is 1. The predicted octanol–water partition coefficient (Wildman–Crippen LogP) is 4.53. The molecule has 0 bridgehead atoms. The van der Waals surface area contributed by atoms with E-state index in [0.717, 1.165) is 24.4 Å². The van der Waals surface area contributed by atoms with Crippen LogP contribution in [0.3, 0.4) is 0 Å². The Labute approximate surface area is 130 Å². The van der Waals surface area contributed by atoms with Crippen LogP contribution < -0.4 is 5.32 Å². The molecule has 1 nitrogen and oxygen atoms in total. The Balaban J connectivity index is 1.98. The summed E-state index contributed by atoms with van der Waals surface area (Å²) >= 11 is 8.13. The summed E-state index contributed by atoms with van der Waals surface area (Å²) in [6.07, 6.45) is 4.60. The van der Waals surface area contributed by atoms with E-state index in [1.807, 2.05) is 6.07 Å². The van der Waals surface area contributed by atoms with Crippen LogP contribution in [0.5, 0.6) is 0 Å². The predicted molar refractivity (Wildman–Crippen MR) is 87.2 cm³/mol. The van der Waals surface area contributed by atoms with Gasteiger partial charge in [0.25, 0.3) is 0 Å². The monoisotopic (exact) mass is 315 g/mol. The SMILES string of the molecule is CCNC(Cc1cccc(F)c1Cl)CC1CCSCC1. The third-order valence-corrected chi connectivity index (χ3v) is 5.42. The fourth-order valence-corrected chi connectivity index (χ4v) is 4.29. The van der Waals surface area contributed by atoms with E-state index in [-0.39, 0.29) is 10.8 Å². The van der Waals surface area contributed by atoms with Crippen molar-refractivity contribution in [2.45, 2.75) is 38.6 Å². The summed E-state index contributed by atoms with van der Waals surface area (Å²) in [5.74, 6) is 3.05. The first-order chi connectivity index (χ1) is 9.70. The Morgan fingerprint density at radius 1 is 1.40 bits per heavy atom. The number of hydrogen-bond acceptors (Lipinski definition) is 2. The standard InChI is InChI=1S/C16H23ClFNS/c1-2-19-14(10-12-6-8-20-9-7-12)11-13-4-3-5-15(18)16(13)17/h3-5,12,14,19H,2,6-11H2,1H3. The van der Waals surface area contributed by atoms with Crippen molar-refractivity contribution >= 4 is 23.4 Å². The molecule has 0 spiro atoms. The summed E-state index contributed by atoms with van der Waals surface area (Å²) in [4.78, 5) is 0. The maximum atomic E-state index is 13.5. The molecule has 0 radical (unpaired) electrons. The highest BCUT2D eigenvalue weighted by molar-refractivity contribution is 7.99. The molecule has 112 valence electrons. The maximum absolute atomic E-state index is 13.5. The minimum Gasteiger partial charge on any atom is -0.314 e. The first-order valence-corrected chi connectivity index (χ1v) is 8.98. The van der Waals surface area contributed by atoms with Gasteiger partial charge < -0.3 is 5.32 Å². The Morgan fingerprint density at radius 2 is 2.15 bits per heavy atom. The van der Waals surface area contributed by atoms with Crippen LogP contribution in [0.2, 0.25) is 5.02 Å². The van der Waals surface area contributed by atoms with Gasteiger partial charge in [-0.2, -0.15) is 11.8 Å². The van der Waals surface area contributed by atoms with Gasteiger partial charge >= 0.3 is 0 Å². The van der Waals surface area contributed by atoms with Gasteiger partial charge in [0.05, 0.1) is 5.02 Å². The molecule has 1 unspecified atom stereocenters. The normalized spacial score (nSPS) is 18.1. The summed E-state index contributed by atoms with van der Waals surface area (Å²) in [5, 5.41) is 3.82. The molecule has 0 saturated carbocycles. The molecule has 1 aromatic rings. The van der Waals surface area contributed by atoms with Crippen LogP contribution in [0.1, 0.15) is 31.7 Å². The van der Waals surface area contributed by atoms with E-state index in [4.69, 9.17) is 11.6 Å². The van der Waals surface area contributed by atoms with Crippen LogP contribution in [-0.2, 0) is 6.42 Å². The first kappa shape index (κ1) is 16.1. The van der Waals surface area contributed by atoms with Gasteiger partial charge in [-0.25, -0.2) is 4.39 Å². The summed E-state index contributed by atoms with van der Waals surface area (Å²) in [7, 11) is 0. The lowest BCUT2D eigenvalue weighted by Gasteiger charge is -2.27. The minimum absolute atomic E-state index is 0.287. The zero-order valence-corrected chi connectivity index (χ0v) is 13.6. The van der Waals surface area contributed by atoms with Crippen LogP contribution >= 0.6 is 23.4 Å². The average Bonchev–Trinajstić information content (AvgIpc) is 2.45. The molecule has 1 aliphatic rings. The van der Waals surface area contributed by atoms with Crippen molar-refractivity contribution in [1.82, 2.24) is 5.32 Å². The van der Waals surface area contributed by atoms with E-state index in [2.05, 4.69) is 24.0 Å². The van der Waals surface area contributed by atoms with Gasteiger partial charge in [0, 0.05) is 6.04 Å². The molecule has 20 heavy (non-hydrogen) atoms. The highest BCUT2D eigenvalue weighted by Crippen LogP contribution is 2.28. The largest absolute Gasteiger partial charge is 0.314 e. The number of hydrogen-bond donors (Lipinski definition) is 1. The second kappa shape index (κ2) is 8.26. The highest BCUT2D eigenvalue weighted by atomic mass is 35.5. The quantitative estimate of drug-likeness (QED) is 0.827. The summed E-state index contributed by atoms with van der Waals surface area (Å²) in [5.41, 5.74) is 0.919. The summed E-state index contributed by atoms with van der Waals surface area (Å²) in [6.45, 7) is 3.07. The van der Waals surface area contributed by atoms with Crippen molar-refractivity contribution in [3.8, 4) is 0 Å². The fraction of sp³-hybridized carbons (Fsp3) is 0.625. The van der Waals surface area contributed by atoms with E-state index in [1.54, 1.807) is 6.07 Å². The first-order valence-electron chi connectivity index (χ1n) is 7.44. The molecular formula is C16H23ClFNS. The molecule has 1 aromatic carbocycles. The lowest BCUT2D eigenvalue weighted by Crippen LogP contribution is -2.34. The molecule has 1 N–H and O–H groups in total. The van der Waals surface area contributed by atoms with Gasteiger partial charge in [-0.3, -0.25) is 0 Å². The molecule has 0 amide bonds. The number of nitrogens with one attached hydrogen (secondary N) is 1. The molecule has 0 aromatic heterocycles. The lowest BCUT2D eigenvalue weighted by molar-refractivity contribution is 0.366. The van der Waals surface area contributed by atoms with Crippen LogP contribution in [-0.4, -0.2) is 24.1 Å². The minimum atomic E-state index is -0.312. The van der Waals surface area contributed by atoms with E-state index in [0.29, 0.717) is 6.04 Å². The topological polar surface area (TPSA) is 12.0 Å². The zero-order chi connectivity index (χ0) is 14.4. The number of rotatable bonds is 6. The van der Waals surface area contributed by atoms with Crippen molar-refractivity contribution in [2.75, 3.05) is 18.1 Å². The van der Waals surface area contributed by atoms with Gasteiger partial charge in [0.2, 0.25) is 0 Å². The van der Waals surface area contributed by atoms with E-state index < -0.39 is 0 Å². The van der Waals surface area contributed by atoms with Crippen molar-refractivity contribution in [3.05, 3.63) is 34.6 Å². The molecule has 4 heteroatoms. The van der Waals surface area contributed by atoms with Crippen LogP contribution in [0.4, 0.5) is 4.39 Å². The van der Waals surface area contributed by atoms with Gasteiger partial charge in [-0.05, 0) is 61.3 Å². The second-order valence-electron chi connectivity index (χ2n) is 5.46. The zero-order valence-electron chi connectivity index (χ0n) is 12.0. The van der Waals surface area contributed by atoms with E-state index in [9.17, 15) is 4.39 Å². The summed E-state index contributed by atoms with van der Waals surface area (Å²) in [6, 6.07) is 5.50. The highest BCUT2D eigenvalue weighted by Gasteiger charge is 2.20. The van der Waals surface area contributed by atoms with Gasteiger partial charge in [0.15, 0.2) is 0 Å². The van der Waals surface area contributed by atoms with Crippen molar-refractivity contribution in [2.24, 2.45) is 5.92 Å². The van der Waals surface area contributed by atoms with Gasteiger partial charge in [-0.15, -0.1) is 0 Å². The van der Waals surface area contributed by atoms with Crippen molar-refractivity contribution in [1.29, 1.82) is 0 Å². The molecule has 1 atom stereocenters. The van der Waals surface area contributed by atoms with Crippen molar-refractivity contribution < 1.29 is 4.39 Å². The van der Waals surface area contributed by atoms with Crippen LogP contribution in [0, 0.1) is 11.7 Å². The van der Waals surface area contributed by atoms with Gasteiger partial charge in [-0.1, -0.05) is 30.7 Å².